The van der Waals surface area contributed by atoms with E-state index in [1.807, 2.05) is 6.92 Å². The fraction of sp³-hybridized carbons (Fsp3) is 0.400. The Balaban J connectivity index is 1.46. The van der Waals surface area contributed by atoms with Gasteiger partial charge in [0.2, 0.25) is 5.91 Å². The quantitative estimate of drug-likeness (QED) is 0.603. The predicted octanol–water partition coefficient (Wildman–Crippen LogP) is 3.38. The lowest BCUT2D eigenvalue weighted by Gasteiger charge is -2.42. The normalized spacial score (nSPS) is 21.5. The van der Waals surface area contributed by atoms with Crippen molar-refractivity contribution in [1.29, 1.82) is 0 Å². The molecule has 2 aromatic carbocycles. The third kappa shape index (κ3) is 5.71. The zero-order valence-corrected chi connectivity index (χ0v) is 19.7. The van der Waals surface area contributed by atoms with Gasteiger partial charge in [-0.25, -0.2) is 9.18 Å². The number of para-hydroxylation sites is 1. The number of amides is 4. The summed E-state index contributed by atoms with van der Waals surface area (Å²) in [5.74, 6) is -0.506. The lowest BCUT2D eigenvalue weighted by Crippen LogP contribution is -2.54. The Morgan fingerprint density at radius 1 is 1.14 bits per heavy atom. The number of rotatable bonds is 5. The van der Waals surface area contributed by atoms with Crippen molar-refractivity contribution in [3.8, 4) is 5.75 Å². The van der Waals surface area contributed by atoms with Crippen LogP contribution in [0.5, 0.6) is 5.75 Å². The molecule has 0 radical (unpaired) electrons. The first-order chi connectivity index (χ1) is 16.9. The molecule has 0 bridgehead atoms. The Bertz CT molecular complexity index is 1110. The van der Waals surface area contributed by atoms with E-state index in [0.717, 1.165) is 0 Å². The van der Waals surface area contributed by atoms with E-state index < -0.39 is 11.8 Å². The molecule has 0 unspecified atom stereocenters. The van der Waals surface area contributed by atoms with Crippen LogP contribution in [-0.2, 0) is 9.53 Å². The Morgan fingerprint density at radius 2 is 1.94 bits per heavy atom. The van der Waals surface area contributed by atoms with E-state index in [9.17, 15) is 18.8 Å². The smallest absolute Gasteiger partial charge is 0.323 e. The summed E-state index contributed by atoms with van der Waals surface area (Å²) < 4.78 is 25.9. The minimum atomic E-state index is -0.637. The van der Waals surface area contributed by atoms with Crippen molar-refractivity contribution >= 4 is 29.2 Å². The van der Waals surface area contributed by atoms with Gasteiger partial charge in [0.1, 0.15) is 24.3 Å². The number of anilines is 2. The van der Waals surface area contributed by atoms with Gasteiger partial charge >= 0.3 is 6.03 Å². The van der Waals surface area contributed by atoms with E-state index in [1.165, 1.54) is 24.3 Å². The van der Waals surface area contributed by atoms with Gasteiger partial charge in [-0.15, -0.1) is 0 Å². The molecule has 0 aromatic heterocycles. The van der Waals surface area contributed by atoms with Crippen LogP contribution in [0.25, 0.3) is 0 Å². The van der Waals surface area contributed by atoms with E-state index in [4.69, 9.17) is 9.47 Å². The van der Waals surface area contributed by atoms with Crippen molar-refractivity contribution in [2.45, 2.75) is 44.4 Å². The average molecular weight is 485 g/mol. The summed E-state index contributed by atoms with van der Waals surface area (Å²) in [5.41, 5.74) is 0.713. The van der Waals surface area contributed by atoms with E-state index in [2.05, 4.69) is 16.0 Å². The summed E-state index contributed by atoms with van der Waals surface area (Å²) in [7, 11) is 1.72. The highest BCUT2D eigenvalue weighted by atomic mass is 19.1. The van der Waals surface area contributed by atoms with Gasteiger partial charge in [0.15, 0.2) is 0 Å². The molecule has 1 saturated heterocycles. The fourth-order valence-corrected chi connectivity index (χ4v) is 4.43. The molecule has 2 aliphatic heterocycles. The maximum absolute atomic E-state index is 13.8. The highest BCUT2D eigenvalue weighted by Gasteiger charge is 2.39. The number of ether oxygens (including phenoxy) is 2. The molecule has 4 rings (SSSR count). The van der Waals surface area contributed by atoms with Crippen LogP contribution in [0.4, 0.5) is 20.6 Å². The number of urea groups is 1. The van der Waals surface area contributed by atoms with Gasteiger partial charge < -0.3 is 30.3 Å². The first-order valence-electron chi connectivity index (χ1n) is 11.6. The second kappa shape index (κ2) is 10.7. The molecule has 0 spiro atoms. The number of hydrogen-bond acceptors (Lipinski definition) is 5. The van der Waals surface area contributed by atoms with Crippen LogP contribution >= 0.6 is 0 Å². The Labute approximate surface area is 203 Å². The van der Waals surface area contributed by atoms with Gasteiger partial charge in [-0.3, -0.25) is 9.59 Å². The third-order valence-electron chi connectivity index (χ3n) is 6.18. The van der Waals surface area contributed by atoms with Crippen molar-refractivity contribution in [3.05, 3.63) is 53.8 Å². The van der Waals surface area contributed by atoms with Gasteiger partial charge in [0.05, 0.1) is 29.8 Å². The Kier molecular flexibility index (Phi) is 7.50. The van der Waals surface area contributed by atoms with Crippen LogP contribution in [0.2, 0.25) is 0 Å². The average Bonchev–Trinajstić information content (AvgIpc) is 2.83. The SMILES string of the molecule is CCNC(=O)C[C@H]1CC[C@H]2[C@H](COc3ccc(NC(=O)Nc4ccccc4F)cc3C(=O)N2C)O1. The van der Waals surface area contributed by atoms with Gasteiger partial charge in [-0.05, 0) is 50.1 Å². The number of hydrogen-bond donors (Lipinski definition) is 3. The molecule has 0 saturated carbocycles. The van der Waals surface area contributed by atoms with Crippen LogP contribution in [0.15, 0.2) is 42.5 Å². The Morgan fingerprint density at radius 3 is 2.71 bits per heavy atom. The van der Waals surface area contributed by atoms with Gasteiger partial charge in [0.25, 0.3) is 5.91 Å². The maximum Gasteiger partial charge on any atom is 0.323 e. The van der Waals surface area contributed by atoms with Gasteiger partial charge in [0, 0.05) is 19.3 Å². The summed E-state index contributed by atoms with van der Waals surface area (Å²) in [4.78, 5) is 39.3. The fourth-order valence-electron chi connectivity index (χ4n) is 4.43. The molecule has 3 atom stereocenters. The summed E-state index contributed by atoms with van der Waals surface area (Å²) in [6.45, 7) is 2.66. The number of benzene rings is 2. The number of likely N-dealkylation sites (N-methyl/N-ethyl adjacent to an activating group) is 1. The van der Waals surface area contributed by atoms with Crippen LogP contribution in [0.1, 0.15) is 36.5 Å². The van der Waals surface area contributed by atoms with Crippen molar-refractivity contribution < 1.29 is 28.2 Å². The van der Waals surface area contributed by atoms with E-state index in [1.54, 1.807) is 30.1 Å². The minimum Gasteiger partial charge on any atom is -0.490 e. The molecule has 2 heterocycles. The van der Waals surface area contributed by atoms with Gasteiger partial charge in [-0.1, -0.05) is 12.1 Å². The molecule has 1 fully saturated rings. The van der Waals surface area contributed by atoms with Crippen LogP contribution < -0.4 is 20.7 Å². The number of halogens is 1. The predicted molar refractivity (Wildman–Crippen MR) is 128 cm³/mol. The van der Waals surface area contributed by atoms with E-state index in [0.29, 0.717) is 36.4 Å². The molecular weight excluding hydrogens is 455 g/mol. The summed E-state index contributed by atoms with van der Waals surface area (Å²) >= 11 is 0. The van der Waals surface area contributed by atoms with Crippen molar-refractivity contribution in [2.24, 2.45) is 0 Å². The second-order valence-corrected chi connectivity index (χ2v) is 8.60. The maximum atomic E-state index is 13.8. The summed E-state index contributed by atoms with van der Waals surface area (Å²) in [6, 6.07) is 9.74. The molecule has 186 valence electrons. The minimum absolute atomic E-state index is 0.0456. The molecule has 3 N–H and O–H groups in total. The summed E-state index contributed by atoms with van der Waals surface area (Å²) in [5, 5.41) is 7.85. The van der Waals surface area contributed by atoms with E-state index in [-0.39, 0.29) is 48.8 Å². The molecule has 2 aromatic rings. The zero-order valence-electron chi connectivity index (χ0n) is 19.7. The number of nitrogens with one attached hydrogen (secondary N) is 3. The highest BCUT2D eigenvalue weighted by molar-refractivity contribution is 6.02. The largest absolute Gasteiger partial charge is 0.490 e. The third-order valence-corrected chi connectivity index (χ3v) is 6.18. The van der Waals surface area contributed by atoms with Crippen molar-refractivity contribution in [1.82, 2.24) is 10.2 Å². The highest BCUT2D eigenvalue weighted by Crippen LogP contribution is 2.32. The molecule has 10 heteroatoms. The lowest BCUT2D eigenvalue weighted by molar-refractivity contribution is -0.133. The Hall–Kier alpha value is -3.66. The molecule has 9 nitrogen and oxygen atoms in total. The second-order valence-electron chi connectivity index (χ2n) is 8.60. The van der Waals surface area contributed by atoms with Crippen LogP contribution in [0, 0.1) is 5.82 Å². The number of nitrogens with zero attached hydrogens (tertiary/aromatic N) is 1. The first kappa shape index (κ1) is 24.5. The molecule has 35 heavy (non-hydrogen) atoms. The van der Waals surface area contributed by atoms with Crippen molar-refractivity contribution in [3.63, 3.8) is 0 Å². The monoisotopic (exact) mass is 484 g/mol. The van der Waals surface area contributed by atoms with Crippen LogP contribution in [-0.4, -0.2) is 61.2 Å². The van der Waals surface area contributed by atoms with Gasteiger partial charge in [-0.2, -0.15) is 0 Å². The molecule has 2 aliphatic rings. The van der Waals surface area contributed by atoms with Crippen molar-refractivity contribution in [2.75, 3.05) is 30.8 Å². The topological polar surface area (TPSA) is 109 Å². The van der Waals surface area contributed by atoms with E-state index >= 15 is 0 Å². The van der Waals surface area contributed by atoms with Crippen LogP contribution in [0.3, 0.4) is 0 Å². The first-order valence-corrected chi connectivity index (χ1v) is 11.6. The molecular formula is C25H29FN4O5. The summed E-state index contributed by atoms with van der Waals surface area (Å²) in [6.07, 6.45) is 1.01. The zero-order chi connectivity index (χ0) is 24.9. The number of carbonyl (C=O) groups is 3. The lowest BCUT2D eigenvalue weighted by atomic mass is 9.94. The standard InChI is InChI=1S/C25H29FN4O5/c1-3-27-23(31)13-16-9-10-20-22(35-16)14-34-21-11-8-15(12-17(21)24(32)30(20)2)28-25(33)29-19-7-5-4-6-18(19)26/h4-8,11-12,16,20,22H,3,9-10,13-14H2,1-2H3,(H,27,31)(H2,28,29,33)/t16-,20+,22+/m1/s1. The number of fused-ring (bicyclic) bond motifs is 2. The number of carbonyl (C=O) groups excluding carboxylic acids is 3. The molecule has 4 amide bonds. The molecule has 0 aliphatic carbocycles.